The maximum Gasteiger partial charge on any atom is 0.0236 e. The molecular formula is C12H17Br2N. The molecule has 0 fully saturated rings. The number of hydrogen-bond donors (Lipinski definition) is 0. The molecule has 0 radical (unpaired) electrons. The van der Waals surface area contributed by atoms with Crippen LogP contribution in [0.5, 0.6) is 0 Å². The first-order valence-corrected chi connectivity index (χ1v) is 7.09. The van der Waals surface area contributed by atoms with Crippen molar-refractivity contribution in [2.24, 2.45) is 0 Å². The third-order valence-electron chi connectivity index (χ3n) is 2.40. The molecule has 0 aromatic heterocycles. The molecule has 0 aliphatic rings. The fourth-order valence-electron chi connectivity index (χ4n) is 1.45. The quantitative estimate of drug-likeness (QED) is 0.734. The topological polar surface area (TPSA) is 3.24 Å². The van der Waals surface area contributed by atoms with Crippen LogP contribution in [0.25, 0.3) is 0 Å². The van der Waals surface area contributed by atoms with Crippen LogP contribution in [0.4, 0.5) is 0 Å². The highest BCUT2D eigenvalue weighted by Gasteiger charge is 2.08. The summed E-state index contributed by atoms with van der Waals surface area (Å²) < 4.78 is 1.14. The molecule has 3 heteroatoms. The normalized spacial score (nSPS) is 11.3. The highest BCUT2D eigenvalue weighted by Crippen LogP contribution is 2.13. The zero-order valence-corrected chi connectivity index (χ0v) is 12.4. The molecule has 1 aromatic rings. The molecule has 1 rings (SSSR count). The number of rotatable bonds is 5. The number of halogens is 2. The van der Waals surface area contributed by atoms with E-state index in [2.05, 4.69) is 74.9 Å². The Labute approximate surface area is 109 Å². The minimum atomic E-state index is 0.589. The third kappa shape index (κ3) is 4.66. The highest BCUT2D eigenvalue weighted by molar-refractivity contribution is 9.10. The van der Waals surface area contributed by atoms with Crippen molar-refractivity contribution in [2.75, 3.05) is 11.9 Å². The van der Waals surface area contributed by atoms with Crippen LogP contribution < -0.4 is 0 Å². The van der Waals surface area contributed by atoms with Crippen LogP contribution >= 0.6 is 31.9 Å². The van der Waals surface area contributed by atoms with E-state index in [9.17, 15) is 0 Å². The second kappa shape index (κ2) is 6.66. The highest BCUT2D eigenvalue weighted by atomic mass is 79.9. The van der Waals surface area contributed by atoms with Gasteiger partial charge in [-0.2, -0.15) is 0 Å². The Kier molecular flexibility index (Phi) is 5.87. The average molecular weight is 335 g/mol. The van der Waals surface area contributed by atoms with E-state index in [4.69, 9.17) is 0 Å². The van der Waals surface area contributed by atoms with Gasteiger partial charge in [0, 0.05) is 28.9 Å². The van der Waals surface area contributed by atoms with Crippen molar-refractivity contribution in [3.05, 3.63) is 34.3 Å². The van der Waals surface area contributed by atoms with Gasteiger partial charge in [-0.15, -0.1) is 0 Å². The van der Waals surface area contributed by atoms with Gasteiger partial charge in [-0.1, -0.05) is 44.0 Å². The molecule has 0 spiro atoms. The summed E-state index contributed by atoms with van der Waals surface area (Å²) in [5.74, 6) is 0. The molecule has 0 amide bonds. The van der Waals surface area contributed by atoms with Crippen LogP contribution in [-0.2, 0) is 6.54 Å². The van der Waals surface area contributed by atoms with E-state index in [1.165, 1.54) is 5.56 Å². The SMILES string of the molecule is CC(C)N(CCBr)Cc1ccc(Br)cc1. The molecule has 0 N–H and O–H groups in total. The maximum absolute atomic E-state index is 3.49. The second-order valence-corrected chi connectivity index (χ2v) is 5.59. The van der Waals surface area contributed by atoms with Crippen molar-refractivity contribution in [2.45, 2.75) is 26.4 Å². The van der Waals surface area contributed by atoms with Gasteiger partial charge in [-0.25, -0.2) is 0 Å². The van der Waals surface area contributed by atoms with Crippen LogP contribution in [-0.4, -0.2) is 22.8 Å². The van der Waals surface area contributed by atoms with Crippen molar-refractivity contribution in [1.82, 2.24) is 4.90 Å². The predicted octanol–water partition coefficient (Wildman–Crippen LogP) is 4.05. The zero-order valence-electron chi connectivity index (χ0n) is 9.21. The number of benzene rings is 1. The van der Waals surface area contributed by atoms with Gasteiger partial charge in [0.05, 0.1) is 0 Å². The van der Waals surface area contributed by atoms with Crippen LogP contribution in [0.3, 0.4) is 0 Å². The summed E-state index contributed by atoms with van der Waals surface area (Å²) in [6, 6.07) is 9.14. The van der Waals surface area contributed by atoms with E-state index in [0.29, 0.717) is 6.04 Å². The molecule has 0 bridgehead atoms. The number of alkyl halides is 1. The smallest absolute Gasteiger partial charge is 0.0236 e. The standard InChI is InChI=1S/C12H17Br2N/c1-10(2)15(8-7-13)9-11-3-5-12(14)6-4-11/h3-6,10H,7-9H2,1-2H3. The van der Waals surface area contributed by atoms with Gasteiger partial charge in [0.25, 0.3) is 0 Å². The lowest BCUT2D eigenvalue weighted by Crippen LogP contribution is -2.31. The van der Waals surface area contributed by atoms with Crippen molar-refractivity contribution < 1.29 is 0 Å². The Balaban J connectivity index is 2.61. The molecule has 0 aliphatic carbocycles. The summed E-state index contributed by atoms with van der Waals surface area (Å²) in [5, 5.41) is 1.03. The molecular weight excluding hydrogens is 318 g/mol. The number of hydrogen-bond acceptors (Lipinski definition) is 1. The summed E-state index contributed by atoms with van der Waals surface area (Å²) in [7, 11) is 0. The van der Waals surface area contributed by atoms with Crippen LogP contribution in [0.15, 0.2) is 28.7 Å². The molecule has 0 saturated heterocycles. The first kappa shape index (κ1) is 13.2. The number of nitrogens with zero attached hydrogens (tertiary/aromatic N) is 1. The lowest BCUT2D eigenvalue weighted by Gasteiger charge is -2.25. The van der Waals surface area contributed by atoms with Gasteiger partial charge in [-0.3, -0.25) is 4.90 Å². The molecule has 1 aromatic carbocycles. The maximum atomic E-state index is 3.49. The zero-order chi connectivity index (χ0) is 11.3. The predicted molar refractivity (Wildman–Crippen MR) is 73.5 cm³/mol. The monoisotopic (exact) mass is 333 g/mol. The van der Waals surface area contributed by atoms with Crippen molar-refractivity contribution in [3.8, 4) is 0 Å². The van der Waals surface area contributed by atoms with Crippen LogP contribution in [0.1, 0.15) is 19.4 Å². The van der Waals surface area contributed by atoms with E-state index >= 15 is 0 Å². The van der Waals surface area contributed by atoms with Gasteiger partial charge < -0.3 is 0 Å². The van der Waals surface area contributed by atoms with Gasteiger partial charge in [0.1, 0.15) is 0 Å². The van der Waals surface area contributed by atoms with Crippen molar-refractivity contribution >= 4 is 31.9 Å². The van der Waals surface area contributed by atoms with Crippen molar-refractivity contribution in [1.29, 1.82) is 0 Å². The van der Waals surface area contributed by atoms with Gasteiger partial charge >= 0.3 is 0 Å². The Morgan fingerprint density at radius 2 is 1.80 bits per heavy atom. The lowest BCUT2D eigenvalue weighted by atomic mass is 10.2. The minimum Gasteiger partial charge on any atom is -0.296 e. The lowest BCUT2D eigenvalue weighted by molar-refractivity contribution is 0.227. The summed E-state index contributed by atoms with van der Waals surface area (Å²) in [4.78, 5) is 2.46. The fraction of sp³-hybridized carbons (Fsp3) is 0.500. The van der Waals surface area contributed by atoms with Crippen LogP contribution in [0.2, 0.25) is 0 Å². The van der Waals surface area contributed by atoms with E-state index in [1.54, 1.807) is 0 Å². The van der Waals surface area contributed by atoms with E-state index in [1.807, 2.05) is 0 Å². The Hall–Kier alpha value is 0.140. The fourth-order valence-corrected chi connectivity index (χ4v) is 2.17. The summed E-state index contributed by atoms with van der Waals surface area (Å²) >= 11 is 6.94. The molecule has 1 nitrogen and oxygen atoms in total. The molecule has 15 heavy (non-hydrogen) atoms. The minimum absolute atomic E-state index is 0.589. The third-order valence-corrected chi connectivity index (χ3v) is 3.28. The summed E-state index contributed by atoms with van der Waals surface area (Å²) in [6.45, 7) is 6.59. The van der Waals surface area contributed by atoms with Gasteiger partial charge in [0.15, 0.2) is 0 Å². The molecule has 0 saturated carbocycles. The Morgan fingerprint density at radius 3 is 2.27 bits per heavy atom. The van der Waals surface area contributed by atoms with Gasteiger partial charge in [0.2, 0.25) is 0 Å². The van der Waals surface area contributed by atoms with Crippen LogP contribution in [0, 0.1) is 0 Å². The molecule has 0 unspecified atom stereocenters. The Morgan fingerprint density at radius 1 is 1.20 bits per heavy atom. The molecule has 0 atom stereocenters. The van der Waals surface area contributed by atoms with Gasteiger partial charge in [-0.05, 0) is 31.5 Å². The first-order chi connectivity index (χ1) is 7.13. The summed E-state index contributed by atoms with van der Waals surface area (Å²) in [5.41, 5.74) is 1.37. The second-order valence-electron chi connectivity index (χ2n) is 3.88. The van der Waals surface area contributed by atoms with E-state index < -0.39 is 0 Å². The first-order valence-electron chi connectivity index (χ1n) is 5.18. The van der Waals surface area contributed by atoms with E-state index in [-0.39, 0.29) is 0 Å². The summed E-state index contributed by atoms with van der Waals surface area (Å²) in [6.07, 6.45) is 0. The largest absolute Gasteiger partial charge is 0.296 e. The van der Waals surface area contributed by atoms with E-state index in [0.717, 1.165) is 22.9 Å². The molecule has 84 valence electrons. The van der Waals surface area contributed by atoms with Crippen molar-refractivity contribution in [3.63, 3.8) is 0 Å². The molecule has 0 heterocycles. The average Bonchev–Trinajstić information content (AvgIpc) is 2.20. The molecule has 0 aliphatic heterocycles. The Bertz CT molecular complexity index is 282.